The maximum atomic E-state index is 13.2. The first-order valence-corrected chi connectivity index (χ1v) is 5.96. The fraction of sp³-hybridized carbons (Fsp3) is 0.231. The molecule has 1 aromatic carbocycles. The molecular formula is C13H10F2N2O4. The quantitative estimate of drug-likeness (QED) is 0.941. The molecule has 8 heteroatoms. The molecule has 1 aliphatic rings. The van der Waals surface area contributed by atoms with Crippen LogP contribution in [0.2, 0.25) is 0 Å². The standard InChI is InChI=1S/C13H10F2N2O4/c1-17-9(4-8(16-17)13(18)19)6-2-10-11(21-5-20-10)3-7(6)12(14)15/h2-4,12H,5H2,1H3,(H,18,19). The van der Waals surface area contributed by atoms with Gasteiger partial charge >= 0.3 is 5.97 Å². The van der Waals surface area contributed by atoms with E-state index in [0.717, 1.165) is 0 Å². The highest BCUT2D eigenvalue weighted by molar-refractivity contribution is 5.87. The molecule has 0 unspecified atom stereocenters. The number of carbonyl (C=O) groups is 1. The number of aryl methyl sites for hydroxylation is 1. The first-order valence-electron chi connectivity index (χ1n) is 5.96. The lowest BCUT2D eigenvalue weighted by molar-refractivity contribution is 0.0689. The van der Waals surface area contributed by atoms with Gasteiger partial charge in [0.25, 0.3) is 6.43 Å². The van der Waals surface area contributed by atoms with E-state index in [2.05, 4.69) is 5.10 Å². The number of carboxylic acids is 1. The smallest absolute Gasteiger partial charge is 0.356 e. The van der Waals surface area contributed by atoms with Crippen molar-refractivity contribution in [3.8, 4) is 22.8 Å². The predicted molar refractivity (Wildman–Crippen MR) is 66.7 cm³/mol. The van der Waals surface area contributed by atoms with Crippen molar-refractivity contribution in [1.82, 2.24) is 9.78 Å². The summed E-state index contributed by atoms with van der Waals surface area (Å²) in [4.78, 5) is 10.9. The van der Waals surface area contributed by atoms with Crippen LogP contribution in [-0.2, 0) is 7.05 Å². The Kier molecular flexibility index (Phi) is 3.00. The first kappa shape index (κ1) is 13.3. The Balaban J connectivity index is 2.19. The van der Waals surface area contributed by atoms with Gasteiger partial charge < -0.3 is 14.6 Å². The zero-order chi connectivity index (χ0) is 15.1. The molecule has 0 fully saturated rings. The van der Waals surface area contributed by atoms with Gasteiger partial charge in [-0.25, -0.2) is 13.6 Å². The molecule has 0 saturated carbocycles. The molecule has 2 heterocycles. The number of ether oxygens (including phenoxy) is 2. The SMILES string of the molecule is Cn1nc(C(=O)O)cc1-c1cc2c(cc1C(F)F)OCO2. The summed E-state index contributed by atoms with van der Waals surface area (Å²) < 4.78 is 38.0. The molecule has 0 atom stereocenters. The predicted octanol–water partition coefficient (Wildman–Crippen LogP) is 2.45. The van der Waals surface area contributed by atoms with Crippen LogP contribution in [0, 0.1) is 0 Å². The minimum Gasteiger partial charge on any atom is -0.476 e. The Morgan fingerprint density at radius 3 is 2.57 bits per heavy atom. The number of hydrogen-bond donors (Lipinski definition) is 1. The van der Waals surface area contributed by atoms with Gasteiger partial charge in [-0.1, -0.05) is 0 Å². The van der Waals surface area contributed by atoms with Gasteiger partial charge in [-0.3, -0.25) is 4.68 Å². The number of fused-ring (bicyclic) bond motifs is 1. The molecule has 0 aliphatic carbocycles. The molecular weight excluding hydrogens is 286 g/mol. The fourth-order valence-electron chi connectivity index (χ4n) is 2.18. The van der Waals surface area contributed by atoms with Gasteiger partial charge in [0.05, 0.1) is 5.69 Å². The van der Waals surface area contributed by atoms with Crippen LogP contribution in [0.25, 0.3) is 11.3 Å². The topological polar surface area (TPSA) is 73.6 Å². The van der Waals surface area contributed by atoms with Crippen molar-refractivity contribution in [3.63, 3.8) is 0 Å². The van der Waals surface area contributed by atoms with Gasteiger partial charge in [0, 0.05) is 18.2 Å². The fourth-order valence-corrected chi connectivity index (χ4v) is 2.18. The van der Waals surface area contributed by atoms with E-state index in [-0.39, 0.29) is 35.1 Å². The zero-order valence-electron chi connectivity index (χ0n) is 10.8. The molecule has 0 saturated heterocycles. The van der Waals surface area contributed by atoms with Crippen molar-refractivity contribution in [2.24, 2.45) is 7.05 Å². The summed E-state index contributed by atoms with van der Waals surface area (Å²) in [5.74, 6) is -0.640. The summed E-state index contributed by atoms with van der Waals surface area (Å²) in [7, 11) is 1.49. The lowest BCUT2D eigenvalue weighted by Crippen LogP contribution is -2.00. The van der Waals surface area contributed by atoms with E-state index in [1.165, 1.54) is 29.9 Å². The van der Waals surface area contributed by atoms with Crippen molar-refractivity contribution in [3.05, 3.63) is 29.5 Å². The van der Waals surface area contributed by atoms with Crippen LogP contribution >= 0.6 is 0 Å². The molecule has 1 aromatic heterocycles. The average Bonchev–Trinajstić information content (AvgIpc) is 3.02. The van der Waals surface area contributed by atoms with Crippen molar-refractivity contribution in [1.29, 1.82) is 0 Å². The minimum absolute atomic E-state index is 0.0345. The molecule has 21 heavy (non-hydrogen) atoms. The first-order chi connectivity index (χ1) is 9.97. The molecule has 0 bridgehead atoms. The molecule has 0 radical (unpaired) electrons. The second-order valence-electron chi connectivity index (χ2n) is 4.44. The Morgan fingerprint density at radius 2 is 2.00 bits per heavy atom. The zero-order valence-corrected chi connectivity index (χ0v) is 10.8. The van der Waals surface area contributed by atoms with Crippen molar-refractivity contribution >= 4 is 5.97 Å². The van der Waals surface area contributed by atoms with Gasteiger partial charge in [0.15, 0.2) is 17.2 Å². The van der Waals surface area contributed by atoms with E-state index >= 15 is 0 Å². The lowest BCUT2D eigenvalue weighted by atomic mass is 10.0. The third-order valence-electron chi connectivity index (χ3n) is 3.15. The maximum Gasteiger partial charge on any atom is 0.356 e. The monoisotopic (exact) mass is 296 g/mol. The van der Waals surface area contributed by atoms with E-state index < -0.39 is 12.4 Å². The number of carboxylic acid groups (broad SMARTS) is 1. The molecule has 3 rings (SSSR count). The molecule has 110 valence electrons. The van der Waals surface area contributed by atoms with E-state index in [9.17, 15) is 13.6 Å². The van der Waals surface area contributed by atoms with Crippen LogP contribution in [0.15, 0.2) is 18.2 Å². The highest BCUT2D eigenvalue weighted by Crippen LogP contribution is 2.42. The van der Waals surface area contributed by atoms with Gasteiger partial charge in [0.2, 0.25) is 6.79 Å². The Morgan fingerprint density at radius 1 is 1.33 bits per heavy atom. The number of alkyl halides is 2. The number of aromatic nitrogens is 2. The molecule has 0 amide bonds. The largest absolute Gasteiger partial charge is 0.476 e. The van der Waals surface area contributed by atoms with Crippen LogP contribution in [-0.4, -0.2) is 27.6 Å². The number of rotatable bonds is 3. The van der Waals surface area contributed by atoms with E-state index in [1.807, 2.05) is 0 Å². The van der Waals surface area contributed by atoms with Gasteiger partial charge in [0.1, 0.15) is 0 Å². The number of nitrogens with zero attached hydrogens (tertiary/aromatic N) is 2. The summed E-state index contributed by atoms with van der Waals surface area (Å²) in [6, 6.07) is 3.86. The Labute approximate surface area is 117 Å². The summed E-state index contributed by atoms with van der Waals surface area (Å²) >= 11 is 0. The van der Waals surface area contributed by atoms with Crippen molar-refractivity contribution < 1.29 is 28.2 Å². The molecule has 1 N–H and O–H groups in total. The van der Waals surface area contributed by atoms with Crippen LogP contribution in [0.1, 0.15) is 22.5 Å². The summed E-state index contributed by atoms with van der Waals surface area (Å²) in [5.41, 5.74) is -0.0534. The van der Waals surface area contributed by atoms with Gasteiger partial charge in [-0.15, -0.1) is 0 Å². The molecule has 6 nitrogen and oxygen atoms in total. The van der Waals surface area contributed by atoms with E-state index in [0.29, 0.717) is 5.75 Å². The molecule has 1 aliphatic heterocycles. The van der Waals surface area contributed by atoms with Crippen molar-refractivity contribution in [2.45, 2.75) is 6.43 Å². The number of halogens is 2. The average molecular weight is 296 g/mol. The summed E-state index contributed by atoms with van der Waals surface area (Å²) in [6.45, 7) is -0.0345. The van der Waals surface area contributed by atoms with E-state index in [1.54, 1.807) is 0 Å². The van der Waals surface area contributed by atoms with Crippen LogP contribution in [0.4, 0.5) is 8.78 Å². The molecule has 0 spiro atoms. The third-order valence-corrected chi connectivity index (χ3v) is 3.15. The number of benzene rings is 1. The van der Waals surface area contributed by atoms with E-state index in [4.69, 9.17) is 14.6 Å². The number of hydrogen-bond acceptors (Lipinski definition) is 4. The van der Waals surface area contributed by atoms with Gasteiger partial charge in [-0.2, -0.15) is 5.10 Å². The second-order valence-corrected chi connectivity index (χ2v) is 4.44. The highest BCUT2D eigenvalue weighted by atomic mass is 19.3. The van der Waals surface area contributed by atoms with Gasteiger partial charge in [-0.05, 0) is 18.2 Å². The minimum atomic E-state index is -2.74. The highest BCUT2D eigenvalue weighted by Gasteiger charge is 2.25. The number of aromatic carboxylic acids is 1. The van der Waals surface area contributed by atoms with Crippen LogP contribution in [0.3, 0.4) is 0 Å². The third kappa shape index (κ3) is 2.18. The Hall–Kier alpha value is -2.64. The Bertz CT molecular complexity index is 727. The van der Waals surface area contributed by atoms with Crippen LogP contribution in [0.5, 0.6) is 11.5 Å². The maximum absolute atomic E-state index is 13.2. The second kappa shape index (κ2) is 4.72. The van der Waals surface area contributed by atoms with Crippen molar-refractivity contribution in [2.75, 3.05) is 6.79 Å². The normalized spacial score (nSPS) is 13.0. The van der Waals surface area contributed by atoms with Crippen LogP contribution < -0.4 is 9.47 Å². The summed E-state index contributed by atoms with van der Waals surface area (Å²) in [6.07, 6.45) is -2.74. The lowest BCUT2D eigenvalue weighted by Gasteiger charge is -2.10. The summed E-state index contributed by atoms with van der Waals surface area (Å²) in [5, 5.41) is 12.7. The molecule has 2 aromatic rings.